The number of hydrogen-bond acceptors (Lipinski definition) is 5. The summed E-state index contributed by atoms with van der Waals surface area (Å²) in [5.41, 5.74) is 1.13. The molecule has 0 atom stereocenters. The Labute approximate surface area is 171 Å². The highest BCUT2D eigenvalue weighted by Gasteiger charge is 2.27. The number of guanidine groups is 1. The van der Waals surface area contributed by atoms with Crippen molar-refractivity contribution in [2.24, 2.45) is 10.9 Å². The summed E-state index contributed by atoms with van der Waals surface area (Å²) < 4.78 is 5.12. The quantitative estimate of drug-likeness (QED) is 0.304. The van der Waals surface area contributed by atoms with E-state index < -0.39 is 0 Å². The lowest BCUT2D eigenvalue weighted by Gasteiger charge is -2.33. The summed E-state index contributed by atoms with van der Waals surface area (Å²) in [7, 11) is 1.81. The zero-order valence-electron chi connectivity index (χ0n) is 15.5. The van der Waals surface area contributed by atoms with Crippen LogP contribution in [0.25, 0.3) is 0 Å². The van der Waals surface area contributed by atoms with Gasteiger partial charge in [-0.05, 0) is 33.6 Å². The lowest BCUT2D eigenvalue weighted by molar-refractivity contribution is -0.149. The number of ether oxygens (including phenoxy) is 1. The summed E-state index contributed by atoms with van der Waals surface area (Å²) in [5, 5.41) is 4.55. The molecule has 0 unspecified atom stereocenters. The number of aryl methyl sites for hydroxylation is 2. The van der Waals surface area contributed by atoms with Gasteiger partial charge in [0.25, 0.3) is 0 Å². The fourth-order valence-electron chi connectivity index (χ4n) is 3.01. The molecule has 142 valence electrons. The predicted molar refractivity (Wildman–Crippen MR) is 113 cm³/mol. The van der Waals surface area contributed by atoms with E-state index in [0.29, 0.717) is 6.61 Å². The molecule has 0 radical (unpaired) electrons. The molecule has 1 aliphatic heterocycles. The number of carbonyl (C=O) groups is 1. The Bertz CT molecular complexity index is 583. The molecule has 0 spiro atoms. The summed E-state index contributed by atoms with van der Waals surface area (Å²) in [6.45, 7) is 8.93. The molecule has 0 aliphatic carbocycles. The smallest absolute Gasteiger partial charge is 0.309 e. The number of hydrogen-bond donors (Lipinski definition) is 1. The van der Waals surface area contributed by atoms with E-state index in [1.807, 2.05) is 20.9 Å². The van der Waals surface area contributed by atoms with Crippen LogP contribution in [0, 0.1) is 19.8 Å². The van der Waals surface area contributed by atoms with Gasteiger partial charge in [-0.3, -0.25) is 9.79 Å². The lowest BCUT2D eigenvalue weighted by atomic mass is 9.97. The molecule has 2 heterocycles. The molecular weight excluding hydrogens is 451 g/mol. The van der Waals surface area contributed by atoms with Gasteiger partial charge in [-0.25, -0.2) is 4.98 Å². The third-order valence-corrected chi connectivity index (χ3v) is 5.39. The summed E-state index contributed by atoms with van der Waals surface area (Å²) in [6, 6.07) is 0. The molecular formula is C17H29IN4O2S. The molecule has 0 aromatic carbocycles. The second-order valence-corrected chi connectivity index (χ2v) is 7.27. The topological polar surface area (TPSA) is 66.8 Å². The number of nitrogens with zero attached hydrogens (tertiary/aromatic N) is 3. The van der Waals surface area contributed by atoms with E-state index in [9.17, 15) is 4.79 Å². The standard InChI is InChI=1S/C17H28N4O2S.HI/c1-5-23-16(22)14-7-10-21(11-8-14)17(18-4)19-9-6-15-12(2)20-13(3)24-15;/h14H,5-11H2,1-4H3,(H,18,19);1H. The number of carbonyl (C=O) groups excluding carboxylic acids is 1. The van der Waals surface area contributed by atoms with Gasteiger partial charge in [-0.15, -0.1) is 35.3 Å². The Kier molecular flexibility index (Phi) is 9.70. The van der Waals surface area contributed by atoms with Crippen LogP contribution in [0.15, 0.2) is 4.99 Å². The highest BCUT2D eigenvalue weighted by molar-refractivity contribution is 14.0. The molecule has 1 aromatic rings. The van der Waals surface area contributed by atoms with Crippen LogP contribution in [0.5, 0.6) is 0 Å². The van der Waals surface area contributed by atoms with Gasteiger partial charge in [0.15, 0.2) is 5.96 Å². The fraction of sp³-hybridized carbons (Fsp3) is 0.706. The van der Waals surface area contributed by atoms with E-state index in [-0.39, 0.29) is 35.9 Å². The van der Waals surface area contributed by atoms with Crippen molar-refractivity contribution in [1.82, 2.24) is 15.2 Å². The van der Waals surface area contributed by atoms with Gasteiger partial charge in [-0.1, -0.05) is 0 Å². The number of likely N-dealkylation sites (tertiary alicyclic amines) is 1. The Balaban J connectivity index is 0.00000312. The highest BCUT2D eigenvalue weighted by atomic mass is 127. The van der Waals surface area contributed by atoms with Gasteiger partial charge in [0.05, 0.1) is 23.2 Å². The van der Waals surface area contributed by atoms with Crippen LogP contribution in [-0.4, -0.2) is 55.1 Å². The van der Waals surface area contributed by atoms with E-state index in [1.165, 1.54) is 4.88 Å². The lowest BCUT2D eigenvalue weighted by Crippen LogP contribution is -2.47. The van der Waals surface area contributed by atoms with Crippen molar-refractivity contribution in [3.8, 4) is 0 Å². The van der Waals surface area contributed by atoms with Crippen LogP contribution < -0.4 is 5.32 Å². The fourth-order valence-corrected chi connectivity index (χ4v) is 3.95. The van der Waals surface area contributed by atoms with Crippen LogP contribution in [0.2, 0.25) is 0 Å². The van der Waals surface area contributed by atoms with Crippen LogP contribution in [-0.2, 0) is 16.0 Å². The average molecular weight is 480 g/mol. The Morgan fingerprint density at radius 1 is 1.40 bits per heavy atom. The van der Waals surface area contributed by atoms with E-state index in [1.54, 1.807) is 11.3 Å². The molecule has 1 saturated heterocycles. The molecule has 8 heteroatoms. The Hall–Kier alpha value is -0.900. The zero-order valence-corrected chi connectivity index (χ0v) is 18.6. The van der Waals surface area contributed by atoms with E-state index in [0.717, 1.165) is 55.6 Å². The van der Waals surface area contributed by atoms with Crippen LogP contribution in [0.1, 0.15) is 35.3 Å². The van der Waals surface area contributed by atoms with Crippen LogP contribution in [0.4, 0.5) is 0 Å². The van der Waals surface area contributed by atoms with Crippen molar-refractivity contribution >= 4 is 47.2 Å². The van der Waals surface area contributed by atoms with Crippen molar-refractivity contribution in [3.05, 3.63) is 15.6 Å². The first kappa shape index (κ1) is 22.1. The van der Waals surface area contributed by atoms with Gasteiger partial charge in [0.2, 0.25) is 0 Å². The summed E-state index contributed by atoms with van der Waals surface area (Å²) in [6.07, 6.45) is 2.61. The third-order valence-electron chi connectivity index (χ3n) is 4.26. The molecule has 6 nitrogen and oxygen atoms in total. The molecule has 0 amide bonds. The van der Waals surface area contributed by atoms with Crippen molar-refractivity contribution < 1.29 is 9.53 Å². The molecule has 2 rings (SSSR count). The van der Waals surface area contributed by atoms with Crippen molar-refractivity contribution in [3.63, 3.8) is 0 Å². The first-order valence-electron chi connectivity index (χ1n) is 8.60. The number of nitrogens with one attached hydrogen (secondary N) is 1. The number of thiazole rings is 1. The van der Waals surface area contributed by atoms with Gasteiger partial charge in [-0.2, -0.15) is 0 Å². The van der Waals surface area contributed by atoms with Gasteiger partial charge >= 0.3 is 5.97 Å². The van der Waals surface area contributed by atoms with Crippen molar-refractivity contribution in [2.75, 3.05) is 33.3 Å². The molecule has 1 fully saturated rings. The third kappa shape index (κ3) is 6.40. The molecule has 25 heavy (non-hydrogen) atoms. The number of aromatic nitrogens is 1. The molecule has 1 aliphatic rings. The second kappa shape index (κ2) is 10.9. The van der Waals surface area contributed by atoms with E-state index >= 15 is 0 Å². The normalized spacial score (nSPS) is 15.7. The molecule has 1 N–H and O–H groups in total. The zero-order chi connectivity index (χ0) is 17.5. The maximum Gasteiger partial charge on any atom is 0.309 e. The van der Waals surface area contributed by atoms with Crippen LogP contribution in [0.3, 0.4) is 0 Å². The second-order valence-electron chi connectivity index (χ2n) is 5.98. The maximum absolute atomic E-state index is 11.8. The van der Waals surface area contributed by atoms with Gasteiger partial charge in [0, 0.05) is 38.0 Å². The number of aliphatic imine (C=N–C) groups is 1. The minimum Gasteiger partial charge on any atom is -0.466 e. The molecule has 1 aromatic heterocycles. The summed E-state index contributed by atoms with van der Waals surface area (Å²) in [5.74, 6) is 0.884. The first-order chi connectivity index (χ1) is 11.5. The molecule has 0 saturated carbocycles. The Morgan fingerprint density at radius 2 is 2.08 bits per heavy atom. The van der Waals surface area contributed by atoms with E-state index in [4.69, 9.17) is 4.74 Å². The largest absolute Gasteiger partial charge is 0.466 e. The van der Waals surface area contributed by atoms with Crippen molar-refractivity contribution in [2.45, 2.75) is 40.0 Å². The number of piperidine rings is 1. The van der Waals surface area contributed by atoms with Crippen molar-refractivity contribution in [1.29, 1.82) is 0 Å². The molecule has 0 bridgehead atoms. The predicted octanol–water partition coefficient (Wildman–Crippen LogP) is 2.77. The number of rotatable bonds is 5. The number of halogens is 1. The minimum absolute atomic E-state index is 0. The SMILES string of the molecule is CCOC(=O)C1CCN(C(=NC)NCCc2sc(C)nc2C)CC1.I. The Morgan fingerprint density at radius 3 is 2.60 bits per heavy atom. The number of esters is 1. The highest BCUT2D eigenvalue weighted by Crippen LogP contribution is 2.19. The van der Waals surface area contributed by atoms with Crippen LogP contribution >= 0.6 is 35.3 Å². The van der Waals surface area contributed by atoms with Gasteiger partial charge in [0.1, 0.15) is 0 Å². The first-order valence-corrected chi connectivity index (χ1v) is 9.42. The monoisotopic (exact) mass is 480 g/mol. The van der Waals surface area contributed by atoms with Gasteiger partial charge < -0.3 is 15.0 Å². The minimum atomic E-state index is -0.0591. The summed E-state index contributed by atoms with van der Waals surface area (Å²) in [4.78, 5) is 24.2. The average Bonchev–Trinajstić information content (AvgIpc) is 2.89. The van der Waals surface area contributed by atoms with E-state index in [2.05, 4.69) is 27.1 Å². The summed E-state index contributed by atoms with van der Waals surface area (Å²) >= 11 is 1.76. The maximum atomic E-state index is 11.8.